The molecule has 0 aliphatic heterocycles. The molecule has 0 saturated carbocycles. The van der Waals surface area contributed by atoms with Gasteiger partial charge in [0, 0.05) is 23.6 Å². The van der Waals surface area contributed by atoms with E-state index in [-0.39, 0.29) is 5.91 Å². The number of benzene rings is 1. The van der Waals surface area contributed by atoms with Gasteiger partial charge < -0.3 is 14.6 Å². The molecule has 3 heterocycles. The number of aryl methyl sites for hydroxylation is 2. The van der Waals surface area contributed by atoms with E-state index in [2.05, 4.69) is 25.8 Å². The molecule has 0 bridgehead atoms. The third-order valence-electron chi connectivity index (χ3n) is 4.73. The maximum Gasteiger partial charge on any atom is 0.231 e. The highest BCUT2D eigenvalue weighted by Gasteiger charge is 2.12. The molecule has 9 nitrogen and oxygen atoms in total. The van der Waals surface area contributed by atoms with Crippen molar-refractivity contribution in [3.63, 3.8) is 0 Å². The van der Waals surface area contributed by atoms with Crippen LogP contribution in [0, 0.1) is 13.8 Å². The number of rotatable bonds is 8. The van der Waals surface area contributed by atoms with E-state index in [0.29, 0.717) is 43.3 Å². The molecule has 30 heavy (non-hydrogen) atoms. The minimum Gasteiger partial charge on any atom is -0.475 e. The summed E-state index contributed by atoms with van der Waals surface area (Å²) in [7, 11) is 0. The lowest BCUT2D eigenvalue weighted by atomic mass is 10.1. The lowest BCUT2D eigenvalue weighted by Crippen LogP contribution is -2.28. The molecule has 0 spiro atoms. The molecule has 1 aromatic carbocycles. The molecule has 0 atom stereocenters. The van der Waals surface area contributed by atoms with Gasteiger partial charge in [0.2, 0.25) is 11.8 Å². The molecule has 0 aliphatic rings. The van der Waals surface area contributed by atoms with Crippen molar-refractivity contribution in [2.45, 2.75) is 26.7 Å². The first-order valence-corrected chi connectivity index (χ1v) is 9.71. The van der Waals surface area contributed by atoms with Gasteiger partial charge in [-0.3, -0.25) is 4.79 Å². The van der Waals surface area contributed by atoms with Gasteiger partial charge in [0.1, 0.15) is 12.4 Å². The molecule has 154 valence electrons. The summed E-state index contributed by atoms with van der Waals surface area (Å²) in [5.74, 6) is 1.79. The van der Waals surface area contributed by atoms with Crippen LogP contribution in [0.2, 0.25) is 0 Å². The number of aromatic nitrogens is 5. The Kier molecular flexibility index (Phi) is 5.69. The largest absolute Gasteiger partial charge is 0.475 e. The Hall–Kier alpha value is -3.75. The molecule has 4 aromatic rings. The molecule has 0 fully saturated rings. The molecule has 0 unspecified atom stereocenters. The van der Waals surface area contributed by atoms with Crippen LogP contribution in [0.15, 0.2) is 47.0 Å². The zero-order valence-corrected chi connectivity index (χ0v) is 16.8. The number of hydrogen-bond donors (Lipinski definition) is 1. The quantitative estimate of drug-likeness (QED) is 0.448. The fourth-order valence-electron chi connectivity index (χ4n) is 3.15. The van der Waals surface area contributed by atoms with Crippen molar-refractivity contribution < 1.29 is 14.1 Å². The van der Waals surface area contributed by atoms with Crippen molar-refractivity contribution in [2.75, 3.05) is 13.2 Å². The standard InChI is InChI=1S/C21H22N6O3/c1-14-17(15(2)30-26-14)8-10-19(28)22-12-13-29-20-11-9-18-23-24-21(27(18)25-20)16-6-4-3-5-7-16/h3-7,9,11H,8,10,12-13H2,1-2H3,(H,22,28). The first kappa shape index (κ1) is 19.6. The predicted octanol–water partition coefficient (Wildman–Crippen LogP) is 2.52. The number of ether oxygens (including phenoxy) is 1. The average molecular weight is 406 g/mol. The van der Waals surface area contributed by atoms with Crippen molar-refractivity contribution in [3.05, 3.63) is 59.5 Å². The van der Waals surface area contributed by atoms with Gasteiger partial charge in [0.05, 0.1) is 12.2 Å². The van der Waals surface area contributed by atoms with Crippen LogP contribution < -0.4 is 10.1 Å². The Morgan fingerprint density at radius 1 is 1.13 bits per heavy atom. The van der Waals surface area contributed by atoms with Gasteiger partial charge in [0.15, 0.2) is 11.5 Å². The Balaban J connectivity index is 1.29. The van der Waals surface area contributed by atoms with Gasteiger partial charge in [-0.05, 0) is 26.3 Å². The SMILES string of the molecule is Cc1noc(C)c1CCC(=O)NCCOc1ccc2nnc(-c3ccccc3)n2n1. The molecular weight excluding hydrogens is 384 g/mol. The van der Waals surface area contributed by atoms with Crippen LogP contribution in [0.4, 0.5) is 0 Å². The molecule has 0 saturated heterocycles. The van der Waals surface area contributed by atoms with E-state index in [1.165, 1.54) is 0 Å². The maximum atomic E-state index is 12.1. The van der Waals surface area contributed by atoms with Crippen molar-refractivity contribution in [1.29, 1.82) is 0 Å². The van der Waals surface area contributed by atoms with Crippen molar-refractivity contribution in [3.8, 4) is 17.3 Å². The van der Waals surface area contributed by atoms with Crippen LogP contribution in [0.5, 0.6) is 5.88 Å². The highest BCUT2D eigenvalue weighted by molar-refractivity contribution is 5.76. The summed E-state index contributed by atoms with van der Waals surface area (Å²) in [4.78, 5) is 12.1. The summed E-state index contributed by atoms with van der Waals surface area (Å²) in [6.45, 7) is 4.41. The molecule has 3 aromatic heterocycles. The molecular formula is C21H22N6O3. The summed E-state index contributed by atoms with van der Waals surface area (Å²) < 4.78 is 12.4. The fraction of sp³-hybridized carbons (Fsp3) is 0.286. The lowest BCUT2D eigenvalue weighted by molar-refractivity contribution is -0.121. The number of hydrogen-bond acceptors (Lipinski definition) is 7. The van der Waals surface area contributed by atoms with Crippen LogP contribution in [-0.4, -0.2) is 44.0 Å². The highest BCUT2D eigenvalue weighted by Crippen LogP contribution is 2.18. The van der Waals surface area contributed by atoms with E-state index in [4.69, 9.17) is 9.26 Å². The van der Waals surface area contributed by atoms with Crippen molar-refractivity contribution in [1.82, 2.24) is 30.3 Å². The second-order valence-electron chi connectivity index (χ2n) is 6.83. The summed E-state index contributed by atoms with van der Waals surface area (Å²) in [6.07, 6.45) is 0.968. The highest BCUT2D eigenvalue weighted by atomic mass is 16.5. The number of amides is 1. The number of nitrogens with zero attached hydrogens (tertiary/aromatic N) is 5. The molecule has 4 rings (SSSR count). The van der Waals surface area contributed by atoms with Crippen molar-refractivity contribution in [2.24, 2.45) is 0 Å². The predicted molar refractivity (Wildman–Crippen MR) is 109 cm³/mol. The monoisotopic (exact) mass is 406 g/mol. The maximum absolute atomic E-state index is 12.1. The van der Waals surface area contributed by atoms with Crippen LogP contribution in [0.25, 0.3) is 17.0 Å². The number of carbonyl (C=O) groups is 1. The molecule has 1 N–H and O–H groups in total. The Morgan fingerprint density at radius 3 is 2.73 bits per heavy atom. The van der Waals surface area contributed by atoms with Crippen LogP contribution >= 0.6 is 0 Å². The van der Waals surface area contributed by atoms with Crippen LogP contribution in [0.3, 0.4) is 0 Å². The Bertz CT molecular complexity index is 1130. The van der Waals surface area contributed by atoms with Gasteiger partial charge in [-0.25, -0.2) is 0 Å². The van der Waals surface area contributed by atoms with Gasteiger partial charge in [-0.2, -0.15) is 4.52 Å². The molecule has 0 radical (unpaired) electrons. The Morgan fingerprint density at radius 2 is 1.97 bits per heavy atom. The van der Waals surface area contributed by atoms with E-state index in [1.54, 1.807) is 16.6 Å². The summed E-state index contributed by atoms with van der Waals surface area (Å²) in [6, 6.07) is 13.2. The van der Waals surface area contributed by atoms with E-state index in [0.717, 1.165) is 22.6 Å². The minimum atomic E-state index is -0.0489. The first-order valence-electron chi connectivity index (χ1n) is 9.71. The second-order valence-corrected chi connectivity index (χ2v) is 6.83. The van der Waals surface area contributed by atoms with E-state index >= 15 is 0 Å². The summed E-state index contributed by atoms with van der Waals surface area (Å²) >= 11 is 0. The average Bonchev–Trinajstić information content (AvgIpc) is 3.33. The molecule has 1 amide bonds. The molecule has 9 heteroatoms. The van der Waals surface area contributed by atoms with Gasteiger partial charge in [0.25, 0.3) is 0 Å². The lowest BCUT2D eigenvalue weighted by Gasteiger charge is -2.08. The zero-order valence-electron chi connectivity index (χ0n) is 16.8. The van der Waals surface area contributed by atoms with E-state index in [9.17, 15) is 4.79 Å². The summed E-state index contributed by atoms with van der Waals surface area (Å²) in [5, 5.41) is 19.6. The number of nitrogens with one attached hydrogen (secondary N) is 1. The molecule has 0 aliphatic carbocycles. The number of carbonyl (C=O) groups excluding carboxylic acids is 1. The van der Waals surface area contributed by atoms with E-state index in [1.807, 2.05) is 44.2 Å². The first-order chi connectivity index (χ1) is 14.6. The smallest absolute Gasteiger partial charge is 0.231 e. The van der Waals surface area contributed by atoms with Crippen molar-refractivity contribution >= 4 is 11.6 Å². The van der Waals surface area contributed by atoms with Crippen LogP contribution in [-0.2, 0) is 11.2 Å². The normalized spacial score (nSPS) is 11.0. The second kappa shape index (κ2) is 8.73. The third kappa shape index (κ3) is 4.29. The zero-order chi connectivity index (χ0) is 20.9. The van der Waals surface area contributed by atoms with Gasteiger partial charge in [-0.1, -0.05) is 35.5 Å². The third-order valence-corrected chi connectivity index (χ3v) is 4.73. The minimum absolute atomic E-state index is 0.0489. The summed E-state index contributed by atoms with van der Waals surface area (Å²) in [5.41, 5.74) is 3.37. The number of fused-ring (bicyclic) bond motifs is 1. The topological polar surface area (TPSA) is 107 Å². The van der Waals surface area contributed by atoms with Gasteiger partial charge >= 0.3 is 0 Å². The van der Waals surface area contributed by atoms with Crippen LogP contribution in [0.1, 0.15) is 23.4 Å². The van der Waals surface area contributed by atoms with Gasteiger partial charge in [-0.15, -0.1) is 15.3 Å². The Labute approximate surface area is 173 Å². The fourth-order valence-corrected chi connectivity index (χ4v) is 3.15. The van der Waals surface area contributed by atoms with E-state index < -0.39 is 0 Å².